The van der Waals surface area contributed by atoms with Gasteiger partial charge < -0.3 is 20.1 Å². The molecule has 0 radical (unpaired) electrons. The summed E-state index contributed by atoms with van der Waals surface area (Å²) < 4.78 is 5.40. The molecule has 10 nitrogen and oxygen atoms in total. The Kier molecular flexibility index (Phi) is 5.52. The quantitative estimate of drug-likeness (QED) is 0.691. The van der Waals surface area contributed by atoms with Gasteiger partial charge in [-0.2, -0.15) is 0 Å². The summed E-state index contributed by atoms with van der Waals surface area (Å²) in [7, 11) is 0. The topological polar surface area (TPSA) is 115 Å². The van der Waals surface area contributed by atoms with Gasteiger partial charge in [-0.25, -0.2) is 9.80 Å². The summed E-state index contributed by atoms with van der Waals surface area (Å²) in [5, 5.41) is 15.8. The number of carbonyl (C=O) groups excluding carboxylic acids is 2. The number of carboxylic acid groups (broad SMARTS) is 1. The molecule has 3 fully saturated rings. The number of likely N-dealkylation sites (tertiary alicyclic amines) is 1. The van der Waals surface area contributed by atoms with Gasteiger partial charge in [0, 0.05) is 45.0 Å². The highest BCUT2D eigenvalue weighted by molar-refractivity contribution is 5.86. The lowest BCUT2D eigenvalue weighted by atomic mass is 9.97. The minimum atomic E-state index is -0.867. The molecule has 0 aromatic heterocycles. The van der Waals surface area contributed by atoms with Gasteiger partial charge in [0.15, 0.2) is 0 Å². The molecule has 4 aliphatic heterocycles. The molecule has 0 aromatic carbocycles. The number of hydrogen-bond donors (Lipinski definition) is 2. The monoisotopic (exact) mass is 403 g/mol. The molecular formula is C19H25N5O5. The highest BCUT2D eigenvalue weighted by Gasteiger charge is 2.43. The molecule has 0 spiro atoms. The second kappa shape index (κ2) is 8.24. The van der Waals surface area contributed by atoms with E-state index < -0.39 is 24.1 Å². The van der Waals surface area contributed by atoms with Crippen molar-refractivity contribution in [2.45, 2.75) is 25.4 Å². The van der Waals surface area contributed by atoms with E-state index in [-0.39, 0.29) is 12.5 Å². The van der Waals surface area contributed by atoms with Crippen molar-refractivity contribution in [2.24, 2.45) is 10.9 Å². The van der Waals surface area contributed by atoms with Crippen molar-refractivity contribution in [3.8, 4) is 0 Å². The van der Waals surface area contributed by atoms with Crippen molar-refractivity contribution < 1.29 is 24.2 Å². The second-order valence-electron chi connectivity index (χ2n) is 7.52. The first kappa shape index (κ1) is 19.4. The molecule has 29 heavy (non-hydrogen) atoms. The number of rotatable bonds is 3. The number of piperidine rings is 1. The van der Waals surface area contributed by atoms with Crippen LogP contribution in [0.15, 0.2) is 28.5 Å². The van der Waals surface area contributed by atoms with E-state index in [0.717, 1.165) is 17.8 Å². The van der Waals surface area contributed by atoms with E-state index in [1.54, 1.807) is 11.1 Å². The van der Waals surface area contributed by atoms with Gasteiger partial charge in [-0.05, 0) is 24.5 Å². The SMILES string of the molecule is O=C(O)C1CCN(C(=O)C2CN(N3CCNCC3=C3C=CN=CC3)C(=O)O2)CC1. The molecule has 1 unspecified atom stereocenters. The largest absolute Gasteiger partial charge is 0.481 e. The van der Waals surface area contributed by atoms with Crippen LogP contribution < -0.4 is 5.32 Å². The van der Waals surface area contributed by atoms with Gasteiger partial charge in [-0.15, -0.1) is 0 Å². The van der Waals surface area contributed by atoms with Crippen LogP contribution in [-0.2, 0) is 14.3 Å². The molecule has 2 N–H and O–H groups in total. The van der Waals surface area contributed by atoms with Gasteiger partial charge in [0.2, 0.25) is 6.10 Å². The molecule has 4 rings (SSSR count). The number of carboxylic acids is 1. The molecule has 4 heterocycles. The highest BCUT2D eigenvalue weighted by atomic mass is 16.6. The van der Waals surface area contributed by atoms with Crippen LogP contribution in [0.25, 0.3) is 0 Å². The number of cyclic esters (lactones) is 1. The second-order valence-corrected chi connectivity index (χ2v) is 7.52. The van der Waals surface area contributed by atoms with E-state index in [0.29, 0.717) is 45.4 Å². The molecule has 156 valence electrons. The van der Waals surface area contributed by atoms with Crippen LogP contribution >= 0.6 is 0 Å². The summed E-state index contributed by atoms with van der Waals surface area (Å²) >= 11 is 0. The number of aliphatic imine (C=N–C) groups is 1. The maximum absolute atomic E-state index is 12.8. The van der Waals surface area contributed by atoms with E-state index >= 15 is 0 Å². The van der Waals surface area contributed by atoms with E-state index in [2.05, 4.69) is 10.3 Å². The van der Waals surface area contributed by atoms with Crippen LogP contribution in [0.4, 0.5) is 4.79 Å². The van der Waals surface area contributed by atoms with Crippen molar-refractivity contribution in [1.29, 1.82) is 0 Å². The zero-order chi connectivity index (χ0) is 20.4. The predicted molar refractivity (Wildman–Crippen MR) is 103 cm³/mol. The molecule has 0 aromatic rings. The van der Waals surface area contributed by atoms with Gasteiger partial charge in [0.05, 0.1) is 24.7 Å². The zero-order valence-corrected chi connectivity index (χ0v) is 16.1. The lowest BCUT2D eigenvalue weighted by Crippen LogP contribution is -2.52. The summed E-state index contributed by atoms with van der Waals surface area (Å²) in [5.74, 6) is -1.49. The van der Waals surface area contributed by atoms with E-state index in [1.807, 2.05) is 17.3 Å². The van der Waals surface area contributed by atoms with Crippen molar-refractivity contribution in [3.05, 3.63) is 23.5 Å². The summed E-state index contributed by atoms with van der Waals surface area (Å²) in [4.78, 5) is 42.2. The fourth-order valence-corrected chi connectivity index (χ4v) is 4.12. The smallest absolute Gasteiger partial charge is 0.429 e. The molecule has 10 heteroatoms. The van der Waals surface area contributed by atoms with Crippen LogP contribution in [0.5, 0.6) is 0 Å². The number of hydrogen-bond acceptors (Lipinski definition) is 7. The molecule has 2 amide bonds. The third kappa shape index (κ3) is 3.98. The van der Waals surface area contributed by atoms with Crippen LogP contribution in [0.2, 0.25) is 0 Å². The average molecular weight is 403 g/mol. The van der Waals surface area contributed by atoms with Crippen molar-refractivity contribution >= 4 is 24.2 Å². The van der Waals surface area contributed by atoms with Gasteiger partial charge >= 0.3 is 12.1 Å². The molecule has 4 aliphatic rings. The number of nitrogens with zero attached hydrogens (tertiary/aromatic N) is 4. The number of ether oxygens (including phenoxy) is 1. The normalized spacial score (nSPS) is 28.1. The fourth-order valence-electron chi connectivity index (χ4n) is 4.12. The lowest BCUT2D eigenvalue weighted by molar-refractivity contribution is -0.147. The molecule has 0 bridgehead atoms. The molecular weight excluding hydrogens is 378 g/mol. The predicted octanol–water partition coefficient (Wildman–Crippen LogP) is 0.193. The summed E-state index contributed by atoms with van der Waals surface area (Å²) in [5.41, 5.74) is 2.05. The Bertz CT molecular complexity index is 784. The first-order valence-corrected chi connectivity index (χ1v) is 9.92. The van der Waals surface area contributed by atoms with Gasteiger partial charge in [0.25, 0.3) is 5.91 Å². The summed E-state index contributed by atoms with van der Waals surface area (Å²) in [6.45, 7) is 2.85. The summed E-state index contributed by atoms with van der Waals surface area (Å²) in [6.07, 6.45) is 5.63. The van der Waals surface area contributed by atoms with Crippen LogP contribution in [-0.4, -0.2) is 89.6 Å². The lowest BCUT2D eigenvalue weighted by Gasteiger charge is -2.38. The molecule has 3 saturated heterocycles. The first-order chi connectivity index (χ1) is 14.0. The third-order valence-electron chi connectivity index (χ3n) is 5.77. The Hall–Kier alpha value is -2.88. The van der Waals surface area contributed by atoms with Gasteiger partial charge in [-0.1, -0.05) is 0 Å². The average Bonchev–Trinajstić information content (AvgIpc) is 3.15. The molecule has 0 saturated carbocycles. The number of aliphatic carboxylic acids is 1. The zero-order valence-electron chi connectivity index (χ0n) is 16.1. The Morgan fingerprint density at radius 3 is 2.69 bits per heavy atom. The van der Waals surface area contributed by atoms with Crippen molar-refractivity contribution in [1.82, 2.24) is 20.2 Å². The van der Waals surface area contributed by atoms with Crippen LogP contribution in [0.3, 0.4) is 0 Å². The maximum Gasteiger partial charge on any atom is 0.429 e. The Labute approximate surface area is 168 Å². The van der Waals surface area contributed by atoms with Gasteiger partial charge in [-0.3, -0.25) is 19.6 Å². The number of allylic oxidation sites excluding steroid dienone is 2. The number of piperazine rings is 1. The van der Waals surface area contributed by atoms with E-state index in [9.17, 15) is 14.4 Å². The third-order valence-corrected chi connectivity index (χ3v) is 5.77. The minimum absolute atomic E-state index is 0.158. The maximum atomic E-state index is 12.8. The van der Waals surface area contributed by atoms with E-state index in [1.165, 1.54) is 5.01 Å². The minimum Gasteiger partial charge on any atom is -0.481 e. The number of hydrazine groups is 1. The highest BCUT2D eigenvalue weighted by Crippen LogP contribution is 2.26. The van der Waals surface area contributed by atoms with Crippen molar-refractivity contribution in [2.75, 3.05) is 39.3 Å². The Balaban J connectivity index is 1.43. The Morgan fingerprint density at radius 2 is 2.00 bits per heavy atom. The molecule has 1 atom stereocenters. The fraction of sp³-hybridized carbons (Fsp3) is 0.579. The van der Waals surface area contributed by atoms with Gasteiger partial charge in [0.1, 0.15) is 0 Å². The first-order valence-electron chi connectivity index (χ1n) is 9.92. The molecule has 0 aliphatic carbocycles. The number of amides is 2. The standard InChI is InChI=1S/C19H25N5O5/c25-17(22-8-3-14(4-9-22)18(26)27)16-12-24(19(28)29-16)23-10-7-21-11-15(23)13-1-5-20-6-2-13/h1,5-6,14,16,21H,2-4,7-12H2,(H,26,27). The van der Waals surface area contributed by atoms with E-state index in [4.69, 9.17) is 9.84 Å². The van der Waals surface area contributed by atoms with Crippen LogP contribution in [0, 0.1) is 5.92 Å². The number of carbonyl (C=O) groups is 3. The summed E-state index contributed by atoms with van der Waals surface area (Å²) in [6, 6.07) is 0. The number of nitrogens with one attached hydrogen (secondary N) is 1. The van der Waals surface area contributed by atoms with Crippen molar-refractivity contribution in [3.63, 3.8) is 0 Å². The Morgan fingerprint density at radius 1 is 1.21 bits per heavy atom. The van der Waals surface area contributed by atoms with Crippen LogP contribution in [0.1, 0.15) is 19.3 Å².